The van der Waals surface area contributed by atoms with E-state index < -0.39 is 5.97 Å². The zero-order chi connectivity index (χ0) is 11.1. The molecular weight excluding hydrogens is 204 g/mol. The van der Waals surface area contributed by atoms with Gasteiger partial charge >= 0.3 is 5.97 Å². The Hall–Kier alpha value is -0.610. The molecule has 4 heteroatoms. The normalized spacial score (nSPS) is 40.4. The molecule has 3 aliphatic heterocycles. The molecule has 0 aliphatic carbocycles. The van der Waals surface area contributed by atoms with E-state index in [0.29, 0.717) is 12.1 Å². The minimum atomic E-state index is -0.617. The maximum absolute atomic E-state index is 11.2. The van der Waals surface area contributed by atoms with Crippen molar-refractivity contribution >= 4 is 5.97 Å². The van der Waals surface area contributed by atoms with Crippen LogP contribution in [0, 0.1) is 0 Å². The van der Waals surface area contributed by atoms with Gasteiger partial charge in [0.2, 0.25) is 0 Å². The van der Waals surface area contributed by atoms with Crippen LogP contribution in [-0.4, -0.2) is 58.6 Å². The van der Waals surface area contributed by atoms with Crippen LogP contribution in [0.2, 0.25) is 0 Å². The number of fused-ring (bicyclic) bond motifs is 1. The Morgan fingerprint density at radius 2 is 1.81 bits per heavy atom. The summed E-state index contributed by atoms with van der Waals surface area (Å²) in [5.74, 6) is -0.617. The molecule has 3 saturated heterocycles. The number of carbonyl (C=O) groups is 1. The minimum Gasteiger partial charge on any atom is -0.480 e. The summed E-state index contributed by atoms with van der Waals surface area (Å²) in [4.78, 5) is 16.0. The molecule has 3 aliphatic rings. The van der Waals surface area contributed by atoms with Crippen LogP contribution in [0.5, 0.6) is 0 Å². The van der Waals surface area contributed by atoms with Crippen LogP contribution in [0.1, 0.15) is 32.1 Å². The van der Waals surface area contributed by atoms with Gasteiger partial charge in [0.25, 0.3) is 0 Å². The summed E-state index contributed by atoms with van der Waals surface area (Å²) < 4.78 is 0. The number of carboxylic acids is 1. The average molecular weight is 224 g/mol. The molecule has 0 saturated carbocycles. The third-order valence-corrected chi connectivity index (χ3v) is 4.58. The molecule has 0 spiro atoms. The Bertz CT molecular complexity index is 295. The third-order valence-electron chi connectivity index (χ3n) is 4.58. The second-order valence-electron chi connectivity index (χ2n) is 5.34. The number of hydrogen-bond donors (Lipinski definition) is 1. The van der Waals surface area contributed by atoms with Crippen LogP contribution in [-0.2, 0) is 4.79 Å². The highest BCUT2D eigenvalue weighted by Crippen LogP contribution is 2.34. The van der Waals surface area contributed by atoms with Crippen LogP contribution in [0.25, 0.3) is 0 Å². The average Bonchev–Trinajstić information content (AvgIpc) is 2.92. The largest absolute Gasteiger partial charge is 0.480 e. The molecule has 0 aromatic heterocycles. The van der Waals surface area contributed by atoms with Gasteiger partial charge in [-0.2, -0.15) is 0 Å². The molecule has 1 N–H and O–H groups in total. The van der Waals surface area contributed by atoms with E-state index in [1.807, 2.05) is 0 Å². The fourth-order valence-electron chi connectivity index (χ4n) is 3.89. The predicted molar refractivity (Wildman–Crippen MR) is 60.4 cm³/mol. The Balaban J connectivity index is 1.74. The molecule has 0 aromatic rings. The fourth-order valence-corrected chi connectivity index (χ4v) is 3.89. The molecule has 4 nitrogen and oxygen atoms in total. The Labute approximate surface area is 96.2 Å². The summed E-state index contributed by atoms with van der Waals surface area (Å²) in [6, 6.07) is 0.969. The first kappa shape index (κ1) is 10.5. The van der Waals surface area contributed by atoms with Crippen molar-refractivity contribution in [1.29, 1.82) is 0 Å². The maximum Gasteiger partial charge on any atom is 0.320 e. The summed E-state index contributed by atoms with van der Waals surface area (Å²) in [5.41, 5.74) is 0. The second-order valence-corrected chi connectivity index (χ2v) is 5.34. The van der Waals surface area contributed by atoms with Crippen molar-refractivity contribution in [1.82, 2.24) is 9.80 Å². The number of nitrogens with zero attached hydrogens (tertiary/aromatic N) is 2. The summed E-state index contributed by atoms with van der Waals surface area (Å²) in [6.07, 6.45) is 5.65. The molecule has 3 fully saturated rings. The first-order valence-corrected chi connectivity index (χ1v) is 6.50. The number of carboxylic acid groups (broad SMARTS) is 1. The smallest absolute Gasteiger partial charge is 0.320 e. The number of likely N-dealkylation sites (tertiary alicyclic amines) is 1. The van der Waals surface area contributed by atoms with E-state index in [4.69, 9.17) is 0 Å². The van der Waals surface area contributed by atoms with Crippen molar-refractivity contribution in [3.63, 3.8) is 0 Å². The van der Waals surface area contributed by atoms with E-state index in [1.165, 1.54) is 32.4 Å². The third kappa shape index (κ3) is 1.55. The lowest BCUT2D eigenvalue weighted by atomic mass is 10.0. The van der Waals surface area contributed by atoms with Crippen molar-refractivity contribution in [2.45, 2.75) is 50.2 Å². The summed E-state index contributed by atoms with van der Waals surface area (Å²) in [6.45, 7) is 3.40. The first-order chi connectivity index (χ1) is 7.77. The summed E-state index contributed by atoms with van der Waals surface area (Å²) in [5, 5.41) is 9.23. The molecule has 3 heterocycles. The molecular formula is C12H20N2O2. The van der Waals surface area contributed by atoms with Gasteiger partial charge in [-0.15, -0.1) is 0 Å². The fraction of sp³-hybridized carbons (Fsp3) is 0.917. The quantitative estimate of drug-likeness (QED) is 0.752. The van der Waals surface area contributed by atoms with Crippen LogP contribution in [0.15, 0.2) is 0 Å². The summed E-state index contributed by atoms with van der Waals surface area (Å²) in [7, 11) is 0. The maximum atomic E-state index is 11.2. The highest BCUT2D eigenvalue weighted by atomic mass is 16.4. The lowest BCUT2D eigenvalue weighted by Gasteiger charge is -2.32. The molecule has 0 bridgehead atoms. The predicted octanol–water partition coefficient (Wildman–Crippen LogP) is 0.772. The van der Waals surface area contributed by atoms with E-state index >= 15 is 0 Å². The zero-order valence-electron chi connectivity index (χ0n) is 9.64. The number of rotatable bonds is 2. The van der Waals surface area contributed by atoms with Crippen LogP contribution in [0.4, 0.5) is 0 Å². The van der Waals surface area contributed by atoms with E-state index in [0.717, 1.165) is 19.4 Å². The van der Waals surface area contributed by atoms with Crippen molar-refractivity contribution in [3.05, 3.63) is 0 Å². The lowest BCUT2D eigenvalue weighted by molar-refractivity contribution is -0.143. The Morgan fingerprint density at radius 1 is 1.00 bits per heavy atom. The van der Waals surface area contributed by atoms with Crippen molar-refractivity contribution in [3.8, 4) is 0 Å². The highest BCUT2D eigenvalue weighted by molar-refractivity contribution is 5.73. The van der Waals surface area contributed by atoms with Gasteiger partial charge in [-0.25, -0.2) is 0 Å². The van der Waals surface area contributed by atoms with E-state index in [-0.39, 0.29) is 6.04 Å². The van der Waals surface area contributed by atoms with Crippen LogP contribution >= 0.6 is 0 Å². The Kier molecular flexibility index (Phi) is 2.64. The van der Waals surface area contributed by atoms with Gasteiger partial charge in [-0.05, 0) is 45.2 Å². The standard InChI is InChI=1S/C12H20N2O2/c15-12(16)11-4-2-7-14(11)10-5-8-13-6-1-3-9(10)13/h9-11H,1-8H2,(H,15,16). The topological polar surface area (TPSA) is 43.8 Å². The van der Waals surface area contributed by atoms with Gasteiger partial charge in [0.1, 0.15) is 6.04 Å². The molecule has 16 heavy (non-hydrogen) atoms. The van der Waals surface area contributed by atoms with Crippen LogP contribution in [0.3, 0.4) is 0 Å². The van der Waals surface area contributed by atoms with E-state index in [2.05, 4.69) is 9.80 Å². The molecule has 3 atom stereocenters. The lowest BCUT2D eigenvalue weighted by Crippen LogP contribution is -2.47. The molecule has 0 amide bonds. The molecule has 3 rings (SSSR count). The molecule has 0 radical (unpaired) electrons. The molecule has 90 valence electrons. The first-order valence-electron chi connectivity index (χ1n) is 6.50. The SMILES string of the molecule is O=C(O)C1CCCN1C1CCN2CCCC12. The number of aliphatic carboxylic acids is 1. The van der Waals surface area contributed by atoms with Gasteiger partial charge in [-0.3, -0.25) is 14.6 Å². The van der Waals surface area contributed by atoms with Gasteiger partial charge in [-0.1, -0.05) is 0 Å². The van der Waals surface area contributed by atoms with Crippen molar-refractivity contribution in [2.24, 2.45) is 0 Å². The minimum absolute atomic E-state index is 0.203. The summed E-state index contributed by atoms with van der Waals surface area (Å²) >= 11 is 0. The van der Waals surface area contributed by atoms with Crippen molar-refractivity contribution in [2.75, 3.05) is 19.6 Å². The highest BCUT2D eigenvalue weighted by Gasteiger charge is 2.44. The monoisotopic (exact) mass is 224 g/mol. The van der Waals surface area contributed by atoms with Crippen molar-refractivity contribution < 1.29 is 9.90 Å². The van der Waals surface area contributed by atoms with Crippen LogP contribution < -0.4 is 0 Å². The molecule has 0 aromatic carbocycles. The van der Waals surface area contributed by atoms with E-state index in [1.54, 1.807) is 0 Å². The zero-order valence-corrected chi connectivity index (χ0v) is 9.64. The van der Waals surface area contributed by atoms with Gasteiger partial charge in [0, 0.05) is 18.6 Å². The van der Waals surface area contributed by atoms with Gasteiger partial charge in [0.15, 0.2) is 0 Å². The Morgan fingerprint density at radius 3 is 2.62 bits per heavy atom. The van der Waals surface area contributed by atoms with E-state index in [9.17, 15) is 9.90 Å². The molecule has 3 unspecified atom stereocenters. The van der Waals surface area contributed by atoms with Gasteiger partial charge < -0.3 is 5.11 Å². The second kappa shape index (κ2) is 4.00. The number of hydrogen-bond acceptors (Lipinski definition) is 3. The van der Waals surface area contributed by atoms with Gasteiger partial charge in [0.05, 0.1) is 0 Å².